The van der Waals surface area contributed by atoms with Crippen molar-refractivity contribution in [2.75, 3.05) is 52.9 Å². The first-order valence-electron chi connectivity index (χ1n) is 4.36. The van der Waals surface area contributed by atoms with Gasteiger partial charge in [0.15, 0.2) is 0 Å². The predicted molar refractivity (Wildman–Crippen MR) is 57.0 cm³/mol. The first-order valence-corrected chi connectivity index (χ1v) is 4.36. The van der Waals surface area contributed by atoms with Crippen LogP contribution in [0.1, 0.15) is 0 Å². The largest absolute Gasteiger partial charge is 0.394 e. The first kappa shape index (κ1) is 16.7. The van der Waals surface area contributed by atoms with Crippen molar-refractivity contribution < 1.29 is 24.4 Å². The molecule has 0 radical (unpaired) electrons. The van der Waals surface area contributed by atoms with Crippen LogP contribution in [-0.2, 0) is 14.2 Å². The lowest BCUT2D eigenvalue weighted by Crippen LogP contribution is -2.11. The Labute approximate surface area is 94.7 Å². The summed E-state index contributed by atoms with van der Waals surface area (Å²) in [7, 11) is 0. The van der Waals surface area contributed by atoms with Gasteiger partial charge in [-0.25, -0.2) is 0 Å². The number of ether oxygens (including phenoxy) is 3. The quantitative estimate of drug-likeness (QED) is 0.531. The van der Waals surface area contributed by atoms with Crippen LogP contribution >= 0.6 is 17.0 Å². The smallest absolute Gasteiger partial charge is 0.0701 e. The molecule has 0 aliphatic heterocycles. The molecule has 0 aromatic carbocycles. The highest BCUT2D eigenvalue weighted by molar-refractivity contribution is 8.93. The van der Waals surface area contributed by atoms with Gasteiger partial charge in [0, 0.05) is 0 Å². The molecule has 0 aromatic heterocycles. The number of rotatable bonds is 10. The Morgan fingerprint density at radius 3 is 1.14 bits per heavy atom. The molecule has 0 saturated carbocycles. The van der Waals surface area contributed by atoms with Gasteiger partial charge in [0.1, 0.15) is 0 Å². The van der Waals surface area contributed by atoms with Crippen LogP contribution in [0.15, 0.2) is 0 Å². The maximum Gasteiger partial charge on any atom is 0.0701 e. The molecule has 0 spiro atoms. The molecule has 0 amide bonds. The van der Waals surface area contributed by atoms with Crippen LogP contribution in [0, 0.1) is 0 Å². The van der Waals surface area contributed by atoms with E-state index in [1.807, 2.05) is 0 Å². The maximum atomic E-state index is 8.36. The SMILES string of the molecule is Br.OCCOCCOCCOCCO. The van der Waals surface area contributed by atoms with Crippen LogP contribution in [-0.4, -0.2) is 63.1 Å². The van der Waals surface area contributed by atoms with E-state index in [2.05, 4.69) is 0 Å². The monoisotopic (exact) mass is 274 g/mol. The van der Waals surface area contributed by atoms with Crippen LogP contribution in [0.25, 0.3) is 0 Å². The Morgan fingerprint density at radius 1 is 0.571 bits per heavy atom. The van der Waals surface area contributed by atoms with Crippen molar-refractivity contribution in [3.05, 3.63) is 0 Å². The summed E-state index contributed by atoms with van der Waals surface area (Å²) < 4.78 is 15.0. The van der Waals surface area contributed by atoms with Crippen molar-refractivity contribution in [3.8, 4) is 0 Å². The molecule has 88 valence electrons. The Hall–Kier alpha value is 0.280. The summed E-state index contributed by atoms with van der Waals surface area (Å²) in [5.41, 5.74) is 0. The highest BCUT2D eigenvalue weighted by Crippen LogP contribution is 1.80. The lowest BCUT2D eigenvalue weighted by molar-refractivity contribution is 0.00230. The van der Waals surface area contributed by atoms with Crippen LogP contribution in [0.3, 0.4) is 0 Å². The van der Waals surface area contributed by atoms with Crippen molar-refractivity contribution >= 4 is 17.0 Å². The Balaban J connectivity index is 0. The zero-order valence-corrected chi connectivity index (χ0v) is 9.90. The van der Waals surface area contributed by atoms with Gasteiger partial charge in [-0.2, -0.15) is 0 Å². The van der Waals surface area contributed by atoms with E-state index in [-0.39, 0.29) is 30.2 Å². The van der Waals surface area contributed by atoms with Gasteiger partial charge < -0.3 is 24.4 Å². The van der Waals surface area contributed by atoms with E-state index < -0.39 is 0 Å². The first-order chi connectivity index (χ1) is 6.41. The lowest BCUT2D eigenvalue weighted by Gasteiger charge is -2.04. The van der Waals surface area contributed by atoms with E-state index in [1.54, 1.807) is 0 Å². The van der Waals surface area contributed by atoms with Gasteiger partial charge in [0.05, 0.1) is 52.9 Å². The molecule has 0 aliphatic rings. The summed E-state index contributed by atoms with van der Waals surface area (Å²) in [4.78, 5) is 0. The zero-order chi connectivity index (χ0) is 9.78. The molecule has 0 atom stereocenters. The van der Waals surface area contributed by atoms with Gasteiger partial charge in [0.2, 0.25) is 0 Å². The summed E-state index contributed by atoms with van der Waals surface area (Å²) in [6.07, 6.45) is 0. The average Bonchev–Trinajstić information content (AvgIpc) is 2.16. The molecule has 0 unspecified atom stereocenters. The van der Waals surface area contributed by atoms with E-state index in [4.69, 9.17) is 24.4 Å². The van der Waals surface area contributed by atoms with E-state index >= 15 is 0 Å². The van der Waals surface area contributed by atoms with Gasteiger partial charge in [-0.15, -0.1) is 17.0 Å². The molecule has 2 N–H and O–H groups in total. The second-order valence-corrected chi connectivity index (χ2v) is 2.28. The second-order valence-electron chi connectivity index (χ2n) is 2.28. The highest BCUT2D eigenvalue weighted by Gasteiger charge is 1.89. The minimum Gasteiger partial charge on any atom is -0.394 e. The molecule has 5 nitrogen and oxygen atoms in total. The number of halogens is 1. The minimum absolute atomic E-state index is 0. The fraction of sp³-hybridized carbons (Fsp3) is 1.00. The Kier molecular flexibility index (Phi) is 18.8. The Bertz CT molecular complexity index is 83.8. The molecule has 0 heterocycles. The minimum atomic E-state index is 0. The van der Waals surface area contributed by atoms with E-state index in [0.717, 1.165) is 0 Å². The van der Waals surface area contributed by atoms with Crippen molar-refractivity contribution in [2.45, 2.75) is 0 Å². The summed E-state index contributed by atoms with van der Waals surface area (Å²) in [5.74, 6) is 0. The number of aliphatic hydroxyl groups is 2. The molecular formula is C8H19BrO5. The normalized spacial score (nSPS) is 9.86. The zero-order valence-electron chi connectivity index (χ0n) is 8.18. The third kappa shape index (κ3) is 14.8. The molecule has 0 bridgehead atoms. The van der Waals surface area contributed by atoms with E-state index in [0.29, 0.717) is 39.6 Å². The Morgan fingerprint density at radius 2 is 0.857 bits per heavy atom. The highest BCUT2D eigenvalue weighted by atomic mass is 79.9. The van der Waals surface area contributed by atoms with Crippen molar-refractivity contribution in [3.63, 3.8) is 0 Å². The number of hydrogen-bond acceptors (Lipinski definition) is 5. The molecule has 0 rings (SSSR count). The summed E-state index contributed by atoms with van der Waals surface area (Å²) in [6.45, 7) is 2.76. The molecule has 0 saturated heterocycles. The van der Waals surface area contributed by atoms with E-state index in [9.17, 15) is 0 Å². The summed E-state index contributed by atoms with van der Waals surface area (Å²) >= 11 is 0. The fourth-order valence-corrected chi connectivity index (χ4v) is 0.671. The van der Waals surface area contributed by atoms with E-state index in [1.165, 1.54) is 0 Å². The van der Waals surface area contributed by atoms with Crippen LogP contribution < -0.4 is 0 Å². The molecule has 0 aromatic rings. The lowest BCUT2D eigenvalue weighted by atomic mass is 10.7. The third-order valence-electron chi connectivity index (χ3n) is 1.22. The van der Waals surface area contributed by atoms with Gasteiger partial charge in [0.25, 0.3) is 0 Å². The van der Waals surface area contributed by atoms with Crippen molar-refractivity contribution in [1.29, 1.82) is 0 Å². The van der Waals surface area contributed by atoms with Gasteiger partial charge >= 0.3 is 0 Å². The molecular weight excluding hydrogens is 256 g/mol. The third-order valence-corrected chi connectivity index (χ3v) is 1.22. The summed E-state index contributed by atoms with van der Waals surface area (Å²) in [6, 6.07) is 0. The fourth-order valence-electron chi connectivity index (χ4n) is 0.671. The maximum absolute atomic E-state index is 8.36. The standard InChI is InChI=1S/C8H18O5.BrH/c9-1-3-11-5-7-13-8-6-12-4-2-10;/h9-10H,1-8H2;1H. The van der Waals surface area contributed by atoms with Crippen molar-refractivity contribution in [2.24, 2.45) is 0 Å². The topological polar surface area (TPSA) is 68.2 Å². The van der Waals surface area contributed by atoms with Crippen LogP contribution in [0.5, 0.6) is 0 Å². The number of aliphatic hydroxyl groups excluding tert-OH is 2. The predicted octanol–water partition coefficient (Wildman–Crippen LogP) is -0.401. The summed E-state index contributed by atoms with van der Waals surface area (Å²) in [5, 5.41) is 16.7. The van der Waals surface area contributed by atoms with Gasteiger partial charge in [-0.1, -0.05) is 0 Å². The molecule has 0 fully saturated rings. The number of hydrogen-bond donors (Lipinski definition) is 2. The van der Waals surface area contributed by atoms with Crippen LogP contribution in [0.4, 0.5) is 0 Å². The van der Waals surface area contributed by atoms with Gasteiger partial charge in [-0.05, 0) is 0 Å². The average molecular weight is 275 g/mol. The van der Waals surface area contributed by atoms with Crippen LogP contribution in [0.2, 0.25) is 0 Å². The molecule has 14 heavy (non-hydrogen) atoms. The molecule has 6 heteroatoms. The second kappa shape index (κ2) is 15.7. The van der Waals surface area contributed by atoms with Crippen molar-refractivity contribution in [1.82, 2.24) is 0 Å². The van der Waals surface area contributed by atoms with Gasteiger partial charge in [-0.3, -0.25) is 0 Å². The molecule has 0 aliphatic carbocycles.